The molecule has 138 valence electrons. The molecular weight excluding hydrogens is 349 g/mol. The maximum Gasteiger partial charge on any atom is 0.393 e. The van der Waals surface area contributed by atoms with Crippen LogP contribution in [0.15, 0.2) is 29.1 Å². The molecule has 1 aromatic carbocycles. The quantitative estimate of drug-likeness (QED) is 0.744. The van der Waals surface area contributed by atoms with E-state index in [2.05, 4.69) is 15.1 Å². The Labute approximate surface area is 146 Å². The molecule has 1 unspecified atom stereocenters. The number of aryl methyl sites for hydroxylation is 1. The molecule has 0 saturated carbocycles. The van der Waals surface area contributed by atoms with E-state index in [1.807, 2.05) is 0 Å². The molecule has 6 nitrogen and oxygen atoms in total. The summed E-state index contributed by atoms with van der Waals surface area (Å²) >= 11 is 0. The van der Waals surface area contributed by atoms with Crippen LogP contribution in [0.5, 0.6) is 0 Å². The maximum absolute atomic E-state index is 12.5. The smallest absolute Gasteiger partial charge is 0.390 e. The van der Waals surface area contributed by atoms with Gasteiger partial charge < -0.3 is 10.1 Å². The van der Waals surface area contributed by atoms with Crippen LogP contribution >= 0.6 is 0 Å². The van der Waals surface area contributed by atoms with Crippen LogP contribution in [0.4, 0.5) is 13.2 Å². The van der Waals surface area contributed by atoms with E-state index in [9.17, 15) is 23.1 Å². The lowest BCUT2D eigenvalue weighted by Gasteiger charge is -2.14. The zero-order valence-electron chi connectivity index (χ0n) is 14.1. The van der Waals surface area contributed by atoms with E-state index >= 15 is 0 Å². The van der Waals surface area contributed by atoms with Crippen LogP contribution in [0.2, 0.25) is 0 Å². The number of hydrogen-bond donors (Lipinski definition) is 2. The zero-order valence-corrected chi connectivity index (χ0v) is 14.1. The van der Waals surface area contributed by atoms with Crippen molar-refractivity contribution in [3.05, 3.63) is 57.3 Å². The molecule has 3 aromatic rings. The second-order valence-electron chi connectivity index (χ2n) is 6.11. The predicted octanol–water partition coefficient (Wildman–Crippen LogP) is 2.63. The van der Waals surface area contributed by atoms with Crippen molar-refractivity contribution >= 4 is 11.0 Å². The number of rotatable bonds is 4. The third kappa shape index (κ3) is 3.48. The second kappa shape index (κ2) is 6.56. The van der Waals surface area contributed by atoms with Gasteiger partial charge in [0.1, 0.15) is 16.9 Å². The van der Waals surface area contributed by atoms with Crippen molar-refractivity contribution in [1.82, 2.24) is 19.7 Å². The zero-order chi connectivity index (χ0) is 19.1. The number of aromatic amines is 1. The molecule has 0 aliphatic rings. The number of benzene rings is 1. The summed E-state index contributed by atoms with van der Waals surface area (Å²) in [5, 5.41) is 14.0. The summed E-state index contributed by atoms with van der Waals surface area (Å²) in [7, 11) is 0. The van der Waals surface area contributed by atoms with Crippen molar-refractivity contribution in [2.75, 3.05) is 0 Å². The number of H-pyrrole nitrogens is 1. The molecule has 3 rings (SSSR count). The van der Waals surface area contributed by atoms with Crippen molar-refractivity contribution in [2.45, 2.75) is 39.1 Å². The van der Waals surface area contributed by atoms with Gasteiger partial charge in [0.2, 0.25) is 0 Å². The molecule has 0 aliphatic heterocycles. The number of aromatic nitrogens is 4. The molecule has 9 heteroatoms. The van der Waals surface area contributed by atoms with Gasteiger partial charge in [-0.1, -0.05) is 24.3 Å². The number of hydrogen-bond acceptors (Lipinski definition) is 4. The summed E-state index contributed by atoms with van der Waals surface area (Å²) < 4.78 is 38.9. The van der Waals surface area contributed by atoms with Gasteiger partial charge in [0, 0.05) is 0 Å². The Morgan fingerprint density at radius 3 is 2.50 bits per heavy atom. The summed E-state index contributed by atoms with van der Waals surface area (Å²) in [6, 6.07) is 5.65. The first-order chi connectivity index (χ1) is 12.2. The van der Waals surface area contributed by atoms with Gasteiger partial charge >= 0.3 is 6.18 Å². The van der Waals surface area contributed by atoms with Crippen LogP contribution in [-0.4, -0.2) is 31.0 Å². The standard InChI is InChI=1S/C17H17F3N4O2/c1-9(12-5-3-11(4-6-12)7-17(18,19)20)24-15-14(13(8-25)23-24)16(26)22-10(2)21-15/h3-6,9,25H,7-8H2,1-2H3,(H,21,22,26). The van der Waals surface area contributed by atoms with Crippen LogP contribution in [0.3, 0.4) is 0 Å². The molecule has 0 aliphatic carbocycles. The fourth-order valence-electron chi connectivity index (χ4n) is 2.89. The summed E-state index contributed by atoms with van der Waals surface area (Å²) in [5.41, 5.74) is 1.01. The molecule has 0 spiro atoms. The molecule has 2 heterocycles. The van der Waals surface area contributed by atoms with E-state index in [-0.39, 0.29) is 22.7 Å². The Hall–Kier alpha value is -2.68. The number of alkyl halides is 3. The van der Waals surface area contributed by atoms with Crippen molar-refractivity contribution in [1.29, 1.82) is 0 Å². The Balaban J connectivity index is 2.02. The lowest BCUT2D eigenvalue weighted by molar-refractivity contribution is -0.127. The fourth-order valence-corrected chi connectivity index (χ4v) is 2.89. The summed E-state index contributed by atoms with van der Waals surface area (Å²) in [6.45, 7) is 3.01. The second-order valence-corrected chi connectivity index (χ2v) is 6.11. The van der Waals surface area contributed by atoms with Gasteiger partial charge in [0.25, 0.3) is 5.56 Å². The van der Waals surface area contributed by atoms with E-state index in [1.165, 1.54) is 16.8 Å². The Bertz CT molecular complexity index is 990. The van der Waals surface area contributed by atoms with Crippen LogP contribution < -0.4 is 5.56 Å². The molecule has 0 saturated heterocycles. The monoisotopic (exact) mass is 366 g/mol. The molecule has 26 heavy (non-hydrogen) atoms. The van der Waals surface area contributed by atoms with E-state index in [0.29, 0.717) is 17.0 Å². The van der Waals surface area contributed by atoms with E-state index in [1.54, 1.807) is 26.0 Å². The van der Waals surface area contributed by atoms with E-state index in [0.717, 1.165) is 0 Å². The van der Waals surface area contributed by atoms with Gasteiger partial charge in [-0.05, 0) is 25.0 Å². The lowest BCUT2D eigenvalue weighted by Crippen LogP contribution is -2.14. The number of halogens is 3. The number of aliphatic hydroxyl groups is 1. The highest BCUT2D eigenvalue weighted by Gasteiger charge is 2.27. The van der Waals surface area contributed by atoms with Gasteiger partial charge in [-0.3, -0.25) is 4.79 Å². The first-order valence-electron chi connectivity index (χ1n) is 7.94. The third-order valence-electron chi connectivity index (χ3n) is 4.14. The van der Waals surface area contributed by atoms with Gasteiger partial charge in [-0.25, -0.2) is 9.67 Å². The minimum Gasteiger partial charge on any atom is -0.390 e. The Morgan fingerprint density at radius 1 is 1.27 bits per heavy atom. The van der Waals surface area contributed by atoms with Crippen LogP contribution in [0, 0.1) is 6.92 Å². The van der Waals surface area contributed by atoms with E-state index < -0.39 is 24.8 Å². The summed E-state index contributed by atoms with van der Waals surface area (Å²) in [5.74, 6) is 0.404. The lowest BCUT2D eigenvalue weighted by atomic mass is 10.0. The highest BCUT2D eigenvalue weighted by molar-refractivity contribution is 5.77. The molecule has 0 fully saturated rings. The average Bonchev–Trinajstić information content (AvgIpc) is 2.92. The topological polar surface area (TPSA) is 83.8 Å². The summed E-state index contributed by atoms with van der Waals surface area (Å²) in [4.78, 5) is 19.0. The van der Waals surface area contributed by atoms with Crippen molar-refractivity contribution < 1.29 is 18.3 Å². The highest BCUT2D eigenvalue weighted by Crippen LogP contribution is 2.25. The Morgan fingerprint density at radius 2 is 1.92 bits per heavy atom. The van der Waals surface area contributed by atoms with Crippen molar-refractivity contribution in [2.24, 2.45) is 0 Å². The number of fused-ring (bicyclic) bond motifs is 1. The summed E-state index contributed by atoms with van der Waals surface area (Å²) in [6.07, 6.45) is -5.25. The third-order valence-corrected chi connectivity index (χ3v) is 4.14. The molecular formula is C17H17F3N4O2. The number of nitrogens with zero attached hydrogens (tertiary/aromatic N) is 3. The molecule has 0 amide bonds. The predicted molar refractivity (Wildman–Crippen MR) is 88.8 cm³/mol. The fraction of sp³-hybridized carbons (Fsp3) is 0.353. The number of aliphatic hydroxyl groups excluding tert-OH is 1. The molecule has 0 radical (unpaired) electrons. The molecule has 1 atom stereocenters. The van der Waals surface area contributed by atoms with Crippen molar-refractivity contribution in [3.63, 3.8) is 0 Å². The SMILES string of the molecule is Cc1nc2c(c(CO)nn2C(C)c2ccc(CC(F)(F)F)cc2)c(=O)[nH]1. The van der Waals surface area contributed by atoms with Crippen molar-refractivity contribution in [3.8, 4) is 0 Å². The van der Waals surface area contributed by atoms with E-state index in [4.69, 9.17) is 0 Å². The van der Waals surface area contributed by atoms with Crippen LogP contribution in [0.1, 0.15) is 35.6 Å². The normalized spacial score (nSPS) is 13.3. The van der Waals surface area contributed by atoms with Gasteiger partial charge in [-0.15, -0.1) is 0 Å². The average molecular weight is 366 g/mol. The number of nitrogens with one attached hydrogen (secondary N) is 1. The highest BCUT2D eigenvalue weighted by atomic mass is 19.4. The van der Waals surface area contributed by atoms with Crippen LogP contribution in [-0.2, 0) is 13.0 Å². The molecule has 2 N–H and O–H groups in total. The van der Waals surface area contributed by atoms with Gasteiger partial charge in [-0.2, -0.15) is 18.3 Å². The van der Waals surface area contributed by atoms with Gasteiger partial charge in [0.05, 0.1) is 19.1 Å². The largest absolute Gasteiger partial charge is 0.393 e. The molecule has 0 bridgehead atoms. The first kappa shape index (κ1) is 18.1. The maximum atomic E-state index is 12.5. The minimum atomic E-state index is -4.26. The minimum absolute atomic E-state index is 0.167. The van der Waals surface area contributed by atoms with Gasteiger partial charge in [0.15, 0.2) is 5.65 Å². The first-order valence-corrected chi connectivity index (χ1v) is 7.94. The Kier molecular flexibility index (Phi) is 4.57. The van der Waals surface area contributed by atoms with Crippen LogP contribution in [0.25, 0.3) is 11.0 Å². The molecule has 2 aromatic heterocycles.